The Morgan fingerprint density at radius 1 is 1.33 bits per heavy atom. The molecule has 0 aliphatic carbocycles. The van der Waals surface area contributed by atoms with Gasteiger partial charge in [0.1, 0.15) is 0 Å². The number of nitrogens with zero attached hydrogens (tertiary/aromatic N) is 2. The number of rotatable bonds is 4. The van der Waals surface area contributed by atoms with Gasteiger partial charge in [-0.25, -0.2) is 0 Å². The third-order valence-corrected chi connectivity index (χ3v) is 5.05. The Labute approximate surface area is 134 Å². The summed E-state index contributed by atoms with van der Waals surface area (Å²) in [5.41, 5.74) is 2.46. The molecule has 2 aromatic rings. The number of benzene rings is 1. The Balaban J connectivity index is 1.88. The Morgan fingerprint density at radius 3 is 3.10 bits per heavy atom. The molecule has 1 aromatic heterocycles. The lowest BCUT2D eigenvalue weighted by Gasteiger charge is -2.35. The molecule has 1 saturated heterocycles. The lowest BCUT2D eigenvalue weighted by Crippen LogP contribution is -2.44. The summed E-state index contributed by atoms with van der Waals surface area (Å²) >= 11 is 3.63. The molecule has 3 nitrogen and oxygen atoms in total. The van der Waals surface area contributed by atoms with E-state index in [9.17, 15) is 0 Å². The minimum Gasteiger partial charge on any atom is -0.318 e. The molecule has 3 rings (SSSR count). The average molecular weight is 348 g/mol. The monoisotopic (exact) mass is 347 g/mol. The fourth-order valence-corrected chi connectivity index (χ4v) is 3.73. The van der Waals surface area contributed by atoms with Crippen LogP contribution in [-0.4, -0.2) is 36.1 Å². The van der Waals surface area contributed by atoms with Gasteiger partial charge in [-0.15, -0.1) is 0 Å². The fraction of sp³-hybridized carbons (Fsp3) is 0.471. The maximum Gasteiger partial charge on any atom is 0.0758 e. The second kappa shape index (κ2) is 6.86. The summed E-state index contributed by atoms with van der Waals surface area (Å²) in [4.78, 5) is 7.21. The summed E-state index contributed by atoms with van der Waals surface area (Å²) < 4.78 is 1.12. The van der Waals surface area contributed by atoms with E-state index in [0.717, 1.165) is 23.1 Å². The van der Waals surface area contributed by atoms with Crippen LogP contribution < -0.4 is 5.32 Å². The summed E-state index contributed by atoms with van der Waals surface area (Å²) in [5.74, 6) is 0. The van der Waals surface area contributed by atoms with E-state index < -0.39 is 0 Å². The number of nitrogens with one attached hydrogen (secondary N) is 1. The lowest BCUT2D eigenvalue weighted by atomic mass is 10.0. The van der Waals surface area contributed by atoms with Gasteiger partial charge < -0.3 is 5.32 Å². The average Bonchev–Trinajstić information content (AvgIpc) is 2.52. The number of hydrogen-bond donors (Lipinski definition) is 1. The van der Waals surface area contributed by atoms with E-state index in [2.05, 4.69) is 49.3 Å². The summed E-state index contributed by atoms with van der Waals surface area (Å²) in [6, 6.07) is 9.14. The molecule has 2 heterocycles. The van der Waals surface area contributed by atoms with Crippen LogP contribution in [0.5, 0.6) is 0 Å². The normalized spacial score (nSPS) is 20.0. The molecule has 1 unspecified atom stereocenters. The van der Waals surface area contributed by atoms with Crippen LogP contribution in [0.4, 0.5) is 0 Å². The standard InChI is InChI=1S/C17H22BrN3/c1-19-11-14-5-2-3-10-21(14)12-13-7-8-16(18)15-6-4-9-20-17(13)15/h4,6-9,14,19H,2-3,5,10-12H2,1H3. The van der Waals surface area contributed by atoms with Crippen molar-refractivity contribution in [1.29, 1.82) is 0 Å². The number of hydrogen-bond acceptors (Lipinski definition) is 3. The van der Waals surface area contributed by atoms with Crippen molar-refractivity contribution in [3.8, 4) is 0 Å². The van der Waals surface area contributed by atoms with Crippen LogP contribution in [0.15, 0.2) is 34.9 Å². The topological polar surface area (TPSA) is 28.2 Å². The van der Waals surface area contributed by atoms with E-state index in [4.69, 9.17) is 0 Å². The van der Waals surface area contributed by atoms with Crippen molar-refractivity contribution in [3.05, 3.63) is 40.5 Å². The van der Waals surface area contributed by atoms with Gasteiger partial charge in [0, 0.05) is 35.2 Å². The number of likely N-dealkylation sites (tertiary alicyclic amines) is 1. The van der Waals surface area contributed by atoms with Gasteiger partial charge in [-0.3, -0.25) is 9.88 Å². The Bertz CT molecular complexity index is 612. The van der Waals surface area contributed by atoms with Gasteiger partial charge in [0.15, 0.2) is 0 Å². The number of piperidine rings is 1. The van der Waals surface area contributed by atoms with E-state index in [-0.39, 0.29) is 0 Å². The molecule has 1 aliphatic rings. The Morgan fingerprint density at radius 2 is 2.24 bits per heavy atom. The first-order chi connectivity index (χ1) is 10.3. The predicted molar refractivity (Wildman–Crippen MR) is 91.4 cm³/mol. The zero-order chi connectivity index (χ0) is 14.7. The van der Waals surface area contributed by atoms with Crippen LogP contribution >= 0.6 is 15.9 Å². The van der Waals surface area contributed by atoms with Crippen molar-refractivity contribution in [2.45, 2.75) is 31.8 Å². The predicted octanol–water partition coefficient (Wildman–Crippen LogP) is 3.57. The molecule has 1 aromatic carbocycles. The summed E-state index contributed by atoms with van der Waals surface area (Å²) in [7, 11) is 2.05. The van der Waals surface area contributed by atoms with Gasteiger partial charge >= 0.3 is 0 Å². The molecular formula is C17H22BrN3. The highest BCUT2D eigenvalue weighted by Crippen LogP contribution is 2.27. The molecule has 0 amide bonds. The first kappa shape index (κ1) is 14.9. The van der Waals surface area contributed by atoms with Crippen molar-refractivity contribution >= 4 is 26.8 Å². The van der Waals surface area contributed by atoms with E-state index in [0.29, 0.717) is 6.04 Å². The van der Waals surface area contributed by atoms with Crippen molar-refractivity contribution in [1.82, 2.24) is 15.2 Å². The number of halogens is 1. The molecule has 0 saturated carbocycles. The van der Waals surface area contributed by atoms with Gasteiger partial charge in [-0.1, -0.05) is 34.5 Å². The highest BCUT2D eigenvalue weighted by molar-refractivity contribution is 9.10. The van der Waals surface area contributed by atoms with E-state index in [1.54, 1.807) is 0 Å². The molecule has 1 aliphatic heterocycles. The second-order valence-corrected chi connectivity index (χ2v) is 6.64. The molecule has 1 N–H and O–H groups in total. The van der Waals surface area contributed by atoms with Gasteiger partial charge in [-0.2, -0.15) is 0 Å². The van der Waals surface area contributed by atoms with E-state index in [1.807, 2.05) is 19.3 Å². The molecule has 1 atom stereocenters. The molecule has 1 fully saturated rings. The first-order valence-corrected chi connectivity index (χ1v) is 8.49. The van der Waals surface area contributed by atoms with Crippen molar-refractivity contribution < 1.29 is 0 Å². The van der Waals surface area contributed by atoms with E-state index >= 15 is 0 Å². The highest BCUT2D eigenvalue weighted by atomic mass is 79.9. The van der Waals surface area contributed by atoms with Gasteiger partial charge in [0.2, 0.25) is 0 Å². The minimum absolute atomic E-state index is 0.645. The maximum atomic E-state index is 4.61. The number of likely N-dealkylation sites (N-methyl/N-ethyl adjacent to an activating group) is 1. The largest absolute Gasteiger partial charge is 0.318 e. The minimum atomic E-state index is 0.645. The van der Waals surface area contributed by atoms with Gasteiger partial charge in [-0.05, 0) is 44.1 Å². The molecule has 0 spiro atoms. The second-order valence-electron chi connectivity index (χ2n) is 5.78. The fourth-order valence-electron chi connectivity index (χ4n) is 3.28. The Kier molecular flexibility index (Phi) is 4.88. The van der Waals surface area contributed by atoms with Crippen molar-refractivity contribution in [3.63, 3.8) is 0 Å². The maximum absolute atomic E-state index is 4.61. The smallest absolute Gasteiger partial charge is 0.0758 e. The summed E-state index contributed by atoms with van der Waals surface area (Å²) in [6.07, 6.45) is 5.84. The number of fused-ring (bicyclic) bond motifs is 1. The van der Waals surface area contributed by atoms with Gasteiger partial charge in [0.25, 0.3) is 0 Å². The quantitative estimate of drug-likeness (QED) is 0.916. The third kappa shape index (κ3) is 3.28. The van der Waals surface area contributed by atoms with Gasteiger partial charge in [0.05, 0.1) is 5.52 Å². The van der Waals surface area contributed by atoms with Crippen LogP contribution in [-0.2, 0) is 6.54 Å². The summed E-state index contributed by atoms with van der Waals surface area (Å²) in [6.45, 7) is 3.26. The lowest BCUT2D eigenvalue weighted by molar-refractivity contribution is 0.140. The molecule has 4 heteroatoms. The zero-order valence-electron chi connectivity index (χ0n) is 12.5. The molecule has 0 radical (unpaired) electrons. The summed E-state index contributed by atoms with van der Waals surface area (Å²) in [5, 5.41) is 4.54. The van der Waals surface area contributed by atoms with E-state index in [1.165, 1.54) is 36.8 Å². The van der Waals surface area contributed by atoms with Crippen LogP contribution in [0.3, 0.4) is 0 Å². The number of pyridine rings is 1. The van der Waals surface area contributed by atoms with Crippen LogP contribution in [0.1, 0.15) is 24.8 Å². The third-order valence-electron chi connectivity index (χ3n) is 4.36. The SMILES string of the molecule is CNCC1CCCCN1Cc1ccc(Br)c2cccnc12. The van der Waals surface area contributed by atoms with Crippen molar-refractivity contribution in [2.75, 3.05) is 20.1 Å². The zero-order valence-corrected chi connectivity index (χ0v) is 14.1. The van der Waals surface area contributed by atoms with Crippen LogP contribution in [0.2, 0.25) is 0 Å². The van der Waals surface area contributed by atoms with Crippen molar-refractivity contribution in [2.24, 2.45) is 0 Å². The molecule has 21 heavy (non-hydrogen) atoms. The van der Waals surface area contributed by atoms with Crippen LogP contribution in [0, 0.1) is 0 Å². The number of aromatic nitrogens is 1. The highest BCUT2D eigenvalue weighted by Gasteiger charge is 2.22. The van der Waals surface area contributed by atoms with Crippen LogP contribution in [0.25, 0.3) is 10.9 Å². The molecular weight excluding hydrogens is 326 g/mol. The molecule has 112 valence electrons. The Hall–Kier alpha value is -0.970. The first-order valence-electron chi connectivity index (χ1n) is 7.70. The molecule has 0 bridgehead atoms.